The van der Waals surface area contributed by atoms with Gasteiger partial charge in [0, 0.05) is 12.8 Å². The molecule has 0 fully saturated rings. The normalized spacial score (nSPS) is 11.1. The highest BCUT2D eigenvalue weighted by Crippen LogP contribution is 2.00. The van der Waals surface area contributed by atoms with Crippen molar-refractivity contribution in [2.45, 2.75) is 58.3 Å². The summed E-state index contributed by atoms with van der Waals surface area (Å²) in [4.78, 5) is 10.8. The van der Waals surface area contributed by atoms with Crippen molar-refractivity contribution in [3.8, 4) is 11.8 Å². The van der Waals surface area contributed by atoms with Crippen LogP contribution in [-0.4, -0.2) is 13.1 Å². The Morgan fingerprint density at radius 1 is 1.10 bits per heavy atom. The van der Waals surface area contributed by atoms with E-state index >= 15 is 0 Å². The highest BCUT2D eigenvalue weighted by molar-refractivity contribution is 5.69. The van der Waals surface area contributed by atoms with E-state index in [-0.39, 0.29) is 5.97 Å². The van der Waals surface area contributed by atoms with E-state index in [2.05, 4.69) is 41.7 Å². The molecule has 21 heavy (non-hydrogen) atoms. The minimum atomic E-state index is -0.168. The van der Waals surface area contributed by atoms with Crippen molar-refractivity contribution in [3.63, 3.8) is 0 Å². The zero-order valence-corrected chi connectivity index (χ0v) is 13.4. The van der Waals surface area contributed by atoms with Gasteiger partial charge in [-0.15, -0.1) is 0 Å². The van der Waals surface area contributed by atoms with Crippen LogP contribution in [-0.2, 0) is 9.53 Å². The van der Waals surface area contributed by atoms with Gasteiger partial charge in [0.2, 0.25) is 0 Å². The van der Waals surface area contributed by atoms with Crippen LogP contribution < -0.4 is 0 Å². The largest absolute Gasteiger partial charge is 0.469 e. The number of methoxy groups -OCH3 is 1. The van der Waals surface area contributed by atoms with E-state index in [0.29, 0.717) is 6.42 Å². The van der Waals surface area contributed by atoms with Gasteiger partial charge in [-0.1, -0.05) is 62.0 Å². The van der Waals surface area contributed by atoms with E-state index < -0.39 is 0 Å². The number of hydrogen-bond donors (Lipinski definition) is 0. The number of ether oxygens (including phenoxy) is 1. The second kappa shape index (κ2) is 16.3. The molecule has 0 saturated heterocycles. The Labute approximate surface area is 130 Å². The number of rotatable bonds is 10. The maximum Gasteiger partial charge on any atom is 0.305 e. The zero-order valence-electron chi connectivity index (χ0n) is 13.4. The molecule has 0 aliphatic rings. The van der Waals surface area contributed by atoms with Crippen LogP contribution in [0.4, 0.5) is 0 Å². The van der Waals surface area contributed by atoms with Crippen LogP contribution in [0.2, 0.25) is 0 Å². The Hall–Kier alpha value is -1.75. The molecule has 0 amide bonds. The Morgan fingerprint density at radius 2 is 1.95 bits per heavy atom. The molecular formula is C19H28O2. The van der Waals surface area contributed by atoms with Gasteiger partial charge in [0.25, 0.3) is 0 Å². The number of hydrogen-bond acceptors (Lipinski definition) is 2. The van der Waals surface area contributed by atoms with Crippen molar-refractivity contribution in [3.05, 3.63) is 36.5 Å². The molecule has 0 aromatic carbocycles. The highest BCUT2D eigenvalue weighted by Gasteiger charge is 1.96. The summed E-state index contributed by atoms with van der Waals surface area (Å²) < 4.78 is 4.55. The number of esters is 1. The number of allylic oxidation sites excluding steroid dienone is 6. The van der Waals surface area contributed by atoms with Gasteiger partial charge in [0.05, 0.1) is 7.11 Å². The summed E-state index contributed by atoms with van der Waals surface area (Å²) in [5, 5.41) is 0. The Balaban J connectivity index is 3.54. The standard InChI is InChI=1S/C19H28O2/c1-3-4-5-6-7-8-9-10-11-12-13-14-15-16-17-18-19(20)21-2/h7-8,10-13H,3-6,9,16-18H2,1-2H3. The predicted molar refractivity (Wildman–Crippen MR) is 89.8 cm³/mol. The minimum Gasteiger partial charge on any atom is -0.469 e. The molecule has 0 rings (SSSR count). The second-order valence-corrected chi connectivity index (χ2v) is 4.74. The van der Waals surface area contributed by atoms with Crippen LogP contribution in [0.15, 0.2) is 36.5 Å². The third-order valence-corrected chi connectivity index (χ3v) is 2.85. The first kappa shape index (κ1) is 19.2. The SMILES string of the molecule is CCCCCC=CCC=CC=CC#CCCCC(=O)OC. The van der Waals surface area contributed by atoms with Crippen molar-refractivity contribution in [2.75, 3.05) is 7.11 Å². The molecule has 116 valence electrons. The molecule has 0 N–H and O–H groups in total. The molecule has 0 bridgehead atoms. The van der Waals surface area contributed by atoms with Crippen LogP contribution in [0.5, 0.6) is 0 Å². The van der Waals surface area contributed by atoms with E-state index in [9.17, 15) is 4.79 Å². The molecule has 2 heteroatoms. The number of unbranched alkanes of at least 4 members (excludes halogenated alkanes) is 4. The monoisotopic (exact) mass is 288 g/mol. The van der Waals surface area contributed by atoms with Gasteiger partial charge in [-0.25, -0.2) is 0 Å². The summed E-state index contributed by atoms with van der Waals surface area (Å²) in [6.07, 6.45) is 20.4. The summed E-state index contributed by atoms with van der Waals surface area (Å²) in [5.74, 6) is 5.79. The molecule has 0 atom stereocenters. The minimum absolute atomic E-state index is 0.168. The number of carbonyl (C=O) groups is 1. The smallest absolute Gasteiger partial charge is 0.305 e. The molecule has 0 spiro atoms. The van der Waals surface area contributed by atoms with Crippen LogP contribution in [0, 0.1) is 11.8 Å². The van der Waals surface area contributed by atoms with Crippen LogP contribution in [0.3, 0.4) is 0 Å². The van der Waals surface area contributed by atoms with Crippen molar-refractivity contribution >= 4 is 5.97 Å². The van der Waals surface area contributed by atoms with E-state index in [0.717, 1.165) is 19.3 Å². The van der Waals surface area contributed by atoms with E-state index in [1.54, 1.807) is 0 Å². The Kier molecular flexibility index (Phi) is 14.9. The van der Waals surface area contributed by atoms with Gasteiger partial charge >= 0.3 is 5.97 Å². The average molecular weight is 288 g/mol. The molecule has 0 radical (unpaired) electrons. The summed E-state index contributed by atoms with van der Waals surface area (Å²) in [6, 6.07) is 0. The van der Waals surface area contributed by atoms with Crippen molar-refractivity contribution < 1.29 is 9.53 Å². The summed E-state index contributed by atoms with van der Waals surface area (Å²) in [5.41, 5.74) is 0. The quantitative estimate of drug-likeness (QED) is 0.186. The van der Waals surface area contributed by atoms with E-state index in [4.69, 9.17) is 0 Å². The lowest BCUT2D eigenvalue weighted by molar-refractivity contribution is -0.140. The predicted octanol–water partition coefficient (Wildman–Crippen LogP) is 4.97. The summed E-state index contributed by atoms with van der Waals surface area (Å²) >= 11 is 0. The fourth-order valence-electron chi connectivity index (χ4n) is 1.62. The van der Waals surface area contributed by atoms with Crippen LogP contribution >= 0.6 is 0 Å². The van der Waals surface area contributed by atoms with Crippen molar-refractivity contribution in [2.24, 2.45) is 0 Å². The first-order valence-corrected chi connectivity index (χ1v) is 7.83. The van der Waals surface area contributed by atoms with Crippen LogP contribution in [0.25, 0.3) is 0 Å². The summed E-state index contributed by atoms with van der Waals surface area (Å²) in [6.45, 7) is 2.22. The molecule has 0 aliphatic heterocycles. The number of carbonyl (C=O) groups excluding carboxylic acids is 1. The van der Waals surface area contributed by atoms with Crippen molar-refractivity contribution in [1.82, 2.24) is 0 Å². The first-order valence-electron chi connectivity index (χ1n) is 7.83. The second-order valence-electron chi connectivity index (χ2n) is 4.74. The lowest BCUT2D eigenvalue weighted by atomic mass is 10.2. The topological polar surface area (TPSA) is 26.3 Å². The maximum atomic E-state index is 10.8. The third kappa shape index (κ3) is 16.2. The molecule has 2 nitrogen and oxygen atoms in total. The van der Waals surface area contributed by atoms with Gasteiger partial charge in [-0.2, -0.15) is 0 Å². The molecule has 0 unspecified atom stereocenters. The van der Waals surface area contributed by atoms with Gasteiger partial charge in [-0.3, -0.25) is 4.79 Å². The zero-order chi connectivity index (χ0) is 15.6. The van der Waals surface area contributed by atoms with Gasteiger partial charge in [0.15, 0.2) is 0 Å². The molecule has 0 heterocycles. The van der Waals surface area contributed by atoms with Gasteiger partial charge in [0.1, 0.15) is 0 Å². The van der Waals surface area contributed by atoms with Crippen molar-refractivity contribution in [1.29, 1.82) is 0 Å². The highest BCUT2D eigenvalue weighted by atomic mass is 16.5. The lowest BCUT2D eigenvalue weighted by Crippen LogP contribution is -1.98. The molecule has 0 aromatic rings. The molecule has 0 saturated carbocycles. The summed E-state index contributed by atoms with van der Waals surface area (Å²) in [7, 11) is 1.41. The fourth-order valence-corrected chi connectivity index (χ4v) is 1.62. The van der Waals surface area contributed by atoms with Gasteiger partial charge in [-0.05, 0) is 31.8 Å². The molecule has 0 aliphatic carbocycles. The third-order valence-electron chi connectivity index (χ3n) is 2.85. The Morgan fingerprint density at radius 3 is 2.71 bits per heavy atom. The maximum absolute atomic E-state index is 10.8. The fraction of sp³-hybridized carbons (Fsp3) is 0.526. The first-order chi connectivity index (χ1) is 10.3. The van der Waals surface area contributed by atoms with Crippen LogP contribution in [0.1, 0.15) is 58.3 Å². The van der Waals surface area contributed by atoms with E-state index in [1.807, 2.05) is 18.2 Å². The molecule has 0 aromatic heterocycles. The van der Waals surface area contributed by atoms with Gasteiger partial charge < -0.3 is 4.74 Å². The lowest BCUT2D eigenvalue weighted by Gasteiger charge is -1.93. The Bertz CT molecular complexity index is 392. The molecular weight excluding hydrogens is 260 g/mol. The average Bonchev–Trinajstić information content (AvgIpc) is 2.50. The van der Waals surface area contributed by atoms with E-state index in [1.165, 1.54) is 32.8 Å².